The van der Waals surface area contributed by atoms with Crippen molar-refractivity contribution >= 4 is 22.8 Å². The van der Waals surface area contributed by atoms with Gasteiger partial charge < -0.3 is 10.6 Å². The molecule has 0 spiro atoms. The summed E-state index contributed by atoms with van der Waals surface area (Å²) in [7, 11) is 0. The van der Waals surface area contributed by atoms with Crippen molar-refractivity contribution in [1.82, 2.24) is 25.1 Å². The zero-order chi connectivity index (χ0) is 16.8. The molecular weight excluding hydrogens is 304 g/mol. The van der Waals surface area contributed by atoms with E-state index in [9.17, 15) is 4.79 Å². The average Bonchev–Trinajstić information content (AvgIpc) is 3.00. The van der Waals surface area contributed by atoms with Gasteiger partial charge in [-0.1, -0.05) is 30.3 Å². The molecule has 0 bridgehead atoms. The standard InChI is InChI=1S/C17H20N6O/c1-13(24)18-9-10-23-17-15(11-22-23)16(20-12-21-17)19-8-7-14-5-3-2-4-6-14/h2-6,11-12H,7-10H2,1H3,(H,18,24)(H,19,20,21). The minimum absolute atomic E-state index is 0.0515. The molecule has 3 rings (SSSR count). The lowest BCUT2D eigenvalue weighted by Gasteiger charge is -2.07. The second-order valence-electron chi connectivity index (χ2n) is 5.47. The van der Waals surface area contributed by atoms with Crippen LogP contribution < -0.4 is 10.6 Å². The highest BCUT2D eigenvalue weighted by Gasteiger charge is 2.09. The predicted octanol–water partition coefficient (Wildman–Crippen LogP) is 1.62. The van der Waals surface area contributed by atoms with Crippen LogP contribution in [0.5, 0.6) is 0 Å². The van der Waals surface area contributed by atoms with Crippen LogP contribution >= 0.6 is 0 Å². The molecule has 0 aliphatic rings. The summed E-state index contributed by atoms with van der Waals surface area (Å²) in [5, 5.41) is 11.3. The summed E-state index contributed by atoms with van der Waals surface area (Å²) in [6.07, 6.45) is 4.21. The maximum absolute atomic E-state index is 10.9. The third-order valence-electron chi connectivity index (χ3n) is 3.68. The second-order valence-corrected chi connectivity index (χ2v) is 5.47. The van der Waals surface area contributed by atoms with Gasteiger partial charge in [0.25, 0.3) is 0 Å². The summed E-state index contributed by atoms with van der Waals surface area (Å²) in [4.78, 5) is 19.6. The molecule has 124 valence electrons. The molecule has 1 aromatic carbocycles. The van der Waals surface area contributed by atoms with E-state index < -0.39 is 0 Å². The van der Waals surface area contributed by atoms with Crippen molar-refractivity contribution in [2.75, 3.05) is 18.4 Å². The van der Waals surface area contributed by atoms with Crippen LogP contribution in [0, 0.1) is 0 Å². The van der Waals surface area contributed by atoms with E-state index in [1.807, 2.05) is 18.2 Å². The lowest BCUT2D eigenvalue weighted by molar-refractivity contribution is -0.118. The van der Waals surface area contributed by atoms with E-state index in [0.29, 0.717) is 13.1 Å². The quantitative estimate of drug-likeness (QED) is 0.690. The summed E-state index contributed by atoms with van der Waals surface area (Å²) in [6, 6.07) is 10.3. The van der Waals surface area contributed by atoms with Gasteiger partial charge in [0.05, 0.1) is 18.1 Å². The maximum atomic E-state index is 10.9. The summed E-state index contributed by atoms with van der Waals surface area (Å²) in [6.45, 7) is 3.38. The Kier molecular flexibility index (Phi) is 5.00. The molecule has 3 aromatic rings. The number of hydrogen-bond donors (Lipinski definition) is 2. The Morgan fingerprint density at radius 1 is 1.17 bits per heavy atom. The number of anilines is 1. The first-order chi connectivity index (χ1) is 11.7. The number of carbonyl (C=O) groups excluding carboxylic acids is 1. The monoisotopic (exact) mass is 324 g/mol. The minimum atomic E-state index is -0.0515. The molecule has 0 aliphatic heterocycles. The molecule has 0 fully saturated rings. The van der Waals surface area contributed by atoms with Crippen LogP contribution in [0.15, 0.2) is 42.9 Å². The van der Waals surface area contributed by atoms with Gasteiger partial charge in [0.15, 0.2) is 5.65 Å². The van der Waals surface area contributed by atoms with Crippen molar-refractivity contribution < 1.29 is 4.79 Å². The van der Waals surface area contributed by atoms with Gasteiger partial charge >= 0.3 is 0 Å². The molecule has 7 nitrogen and oxygen atoms in total. The van der Waals surface area contributed by atoms with Crippen LogP contribution in [0.3, 0.4) is 0 Å². The average molecular weight is 324 g/mol. The third-order valence-corrected chi connectivity index (χ3v) is 3.68. The molecule has 7 heteroatoms. The number of carbonyl (C=O) groups is 1. The van der Waals surface area contributed by atoms with Crippen molar-refractivity contribution in [1.29, 1.82) is 0 Å². The van der Waals surface area contributed by atoms with Gasteiger partial charge in [-0.2, -0.15) is 5.10 Å². The van der Waals surface area contributed by atoms with Crippen LogP contribution in [0.1, 0.15) is 12.5 Å². The zero-order valence-corrected chi connectivity index (χ0v) is 13.6. The number of benzene rings is 1. The Labute approximate surface area is 140 Å². The van der Waals surface area contributed by atoms with Gasteiger partial charge in [-0.15, -0.1) is 0 Å². The van der Waals surface area contributed by atoms with Gasteiger partial charge in [0.2, 0.25) is 5.91 Å². The largest absolute Gasteiger partial charge is 0.369 e. The molecule has 0 aliphatic carbocycles. The third kappa shape index (κ3) is 3.87. The Morgan fingerprint density at radius 3 is 2.79 bits per heavy atom. The Bertz CT molecular complexity index is 814. The minimum Gasteiger partial charge on any atom is -0.369 e. The van der Waals surface area contributed by atoms with Gasteiger partial charge in [-0.3, -0.25) is 4.79 Å². The molecule has 0 saturated carbocycles. The molecular formula is C17H20N6O. The van der Waals surface area contributed by atoms with Crippen molar-refractivity contribution in [2.45, 2.75) is 19.9 Å². The topological polar surface area (TPSA) is 84.7 Å². The molecule has 2 heterocycles. The fraction of sp³-hybridized carbons (Fsp3) is 0.294. The first-order valence-corrected chi connectivity index (χ1v) is 7.93. The van der Waals surface area contributed by atoms with Gasteiger partial charge in [0.1, 0.15) is 12.1 Å². The fourth-order valence-electron chi connectivity index (χ4n) is 2.51. The van der Waals surface area contributed by atoms with Crippen LogP contribution in [0.2, 0.25) is 0 Å². The predicted molar refractivity (Wildman–Crippen MR) is 92.6 cm³/mol. The molecule has 2 aromatic heterocycles. The van der Waals surface area contributed by atoms with Crippen molar-refractivity contribution in [2.24, 2.45) is 0 Å². The number of amides is 1. The molecule has 2 N–H and O–H groups in total. The molecule has 24 heavy (non-hydrogen) atoms. The summed E-state index contributed by atoms with van der Waals surface area (Å²) in [5.41, 5.74) is 2.04. The van der Waals surface area contributed by atoms with Crippen LogP contribution in [-0.4, -0.2) is 38.7 Å². The van der Waals surface area contributed by atoms with E-state index in [1.165, 1.54) is 18.8 Å². The smallest absolute Gasteiger partial charge is 0.216 e. The van der Waals surface area contributed by atoms with E-state index in [0.717, 1.165) is 29.8 Å². The van der Waals surface area contributed by atoms with Crippen LogP contribution in [0.4, 0.5) is 5.82 Å². The molecule has 0 atom stereocenters. The SMILES string of the molecule is CC(=O)NCCn1ncc2c(NCCc3ccccc3)ncnc21. The highest BCUT2D eigenvalue weighted by atomic mass is 16.1. The maximum Gasteiger partial charge on any atom is 0.216 e. The lowest BCUT2D eigenvalue weighted by atomic mass is 10.1. The number of hydrogen-bond acceptors (Lipinski definition) is 5. The lowest BCUT2D eigenvalue weighted by Crippen LogP contribution is -2.24. The van der Waals surface area contributed by atoms with Crippen LogP contribution in [0.25, 0.3) is 11.0 Å². The first kappa shape index (κ1) is 15.9. The molecule has 1 amide bonds. The number of aromatic nitrogens is 4. The molecule has 0 saturated heterocycles. The van der Waals surface area contributed by atoms with Gasteiger partial charge in [-0.25, -0.2) is 14.6 Å². The van der Waals surface area contributed by atoms with Crippen molar-refractivity contribution in [3.05, 3.63) is 48.4 Å². The zero-order valence-electron chi connectivity index (χ0n) is 13.6. The molecule has 0 unspecified atom stereocenters. The van der Waals surface area contributed by atoms with Gasteiger partial charge in [0, 0.05) is 20.0 Å². The molecule has 0 radical (unpaired) electrons. The Morgan fingerprint density at radius 2 is 2.00 bits per heavy atom. The number of fused-ring (bicyclic) bond motifs is 1. The fourth-order valence-corrected chi connectivity index (χ4v) is 2.51. The van der Waals surface area contributed by atoms with Crippen molar-refractivity contribution in [3.63, 3.8) is 0 Å². The highest BCUT2D eigenvalue weighted by Crippen LogP contribution is 2.18. The summed E-state index contributed by atoms with van der Waals surface area (Å²) in [5.74, 6) is 0.728. The van der Waals surface area contributed by atoms with E-state index in [2.05, 4.69) is 37.8 Å². The summed E-state index contributed by atoms with van der Waals surface area (Å²) < 4.78 is 1.77. The Hall–Kier alpha value is -2.96. The number of rotatable bonds is 7. The van der Waals surface area contributed by atoms with E-state index in [4.69, 9.17) is 0 Å². The summed E-state index contributed by atoms with van der Waals surface area (Å²) >= 11 is 0. The van der Waals surface area contributed by atoms with E-state index >= 15 is 0 Å². The highest BCUT2D eigenvalue weighted by molar-refractivity contribution is 5.86. The Balaban J connectivity index is 1.65. The first-order valence-electron chi connectivity index (χ1n) is 7.93. The number of nitrogens with zero attached hydrogens (tertiary/aromatic N) is 4. The van der Waals surface area contributed by atoms with E-state index in [-0.39, 0.29) is 5.91 Å². The number of nitrogens with one attached hydrogen (secondary N) is 2. The van der Waals surface area contributed by atoms with Crippen LogP contribution in [-0.2, 0) is 17.8 Å². The van der Waals surface area contributed by atoms with Gasteiger partial charge in [-0.05, 0) is 12.0 Å². The second kappa shape index (κ2) is 7.54. The van der Waals surface area contributed by atoms with Crippen molar-refractivity contribution in [3.8, 4) is 0 Å². The normalized spacial score (nSPS) is 10.7. The van der Waals surface area contributed by atoms with E-state index in [1.54, 1.807) is 10.9 Å².